The lowest BCUT2D eigenvalue weighted by molar-refractivity contribution is 0.0527. The van der Waals surface area contributed by atoms with Crippen molar-refractivity contribution in [3.05, 3.63) is 56.1 Å². The van der Waals surface area contributed by atoms with Crippen LogP contribution in [0.25, 0.3) is 0 Å². The standard InChI is InChI=1S/C22H23Cl2N5O2S2/c1-2-31-20(30)18-13-7-4-3-5-10-17(13)33-19(18)26-22(32)27-21-25-12-29(28-21)11-14-15(23)8-6-9-16(14)24/h6,8-9,12H,2-5,7,10-11H2,1H3,(H2,26,27,28,32). The van der Waals surface area contributed by atoms with Crippen LogP contribution in [-0.2, 0) is 24.1 Å². The van der Waals surface area contributed by atoms with Crippen LogP contribution in [0, 0.1) is 0 Å². The van der Waals surface area contributed by atoms with Gasteiger partial charge < -0.3 is 10.1 Å². The molecule has 0 saturated carbocycles. The maximum Gasteiger partial charge on any atom is 0.341 e. The normalized spacial score (nSPS) is 13.2. The Kier molecular flexibility index (Phi) is 7.85. The van der Waals surface area contributed by atoms with Crippen molar-refractivity contribution in [2.45, 2.75) is 45.6 Å². The van der Waals surface area contributed by atoms with Gasteiger partial charge in [0.2, 0.25) is 5.95 Å². The average molecular weight is 524 g/mol. The van der Waals surface area contributed by atoms with E-state index in [-0.39, 0.29) is 5.97 Å². The van der Waals surface area contributed by atoms with E-state index in [0.717, 1.165) is 36.8 Å². The van der Waals surface area contributed by atoms with E-state index in [2.05, 4.69) is 20.7 Å². The van der Waals surface area contributed by atoms with E-state index >= 15 is 0 Å². The third-order valence-electron chi connectivity index (χ3n) is 5.27. The Bertz CT molecular complexity index is 1160. The summed E-state index contributed by atoms with van der Waals surface area (Å²) in [6.07, 6.45) is 6.76. The summed E-state index contributed by atoms with van der Waals surface area (Å²) < 4.78 is 6.95. The highest BCUT2D eigenvalue weighted by atomic mass is 35.5. The summed E-state index contributed by atoms with van der Waals surface area (Å²) in [6, 6.07) is 5.35. The number of carbonyl (C=O) groups excluding carboxylic acids is 1. The zero-order valence-corrected chi connectivity index (χ0v) is 21.1. The predicted octanol–water partition coefficient (Wildman–Crippen LogP) is 5.95. The Hall–Kier alpha value is -2.20. The fourth-order valence-corrected chi connectivity index (χ4v) is 5.82. The highest BCUT2D eigenvalue weighted by Gasteiger charge is 2.26. The lowest BCUT2D eigenvalue weighted by Crippen LogP contribution is -2.21. The molecule has 2 heterocycles. The molecule has 3 aromatic rings. The Labute approximate surface area is 211 Å². The van der Waals surface area contributed by atoms with Crippen molar-refractivity contribution in [2.24, 2.45) is 0 Å². The van der Waals surface area contributed by atoms with Gasteiger partial charge >= 0.3 is 5.97 Å². The van der Waals surface area contributed by atoms with Gasteiger partial charge in [0.15, 0.2) is 5.11 Å². The third-order valence-corrected chi connectivity index (χ3v) is 7.39. The number of ether oxygens (including phenoxy) is 1. The van der Waals surface area contributed by atoms with E-state index in [1.165, 1.54) is 11.3 Å². The van der Waals surface area contributed by atoms with Gasteiger partial charge in [-0.05, 0) is 62.5 Å². The van der Waals surface area contributed by atoms with Crippen molar-refractivity contribution >= 4 is 68.8 Å². The van der Waals surface area contributed by atoms with Gasteiger partial charge in [0.1, 0.15) is 11.3 Å². The molecule has 33 heavy (non-hydrogen) atoms. The second-order valence-corrected chi connectivity index (χ2v) is 9.86. The van der Waals surface area contributed by atoms with Crippen LogP contribution >= 0.6 is 46.8 Å². The van der Waals surface area contributed by atoms with E-state index in [0.29, 0.717) is 44.8 Å². The van der Waals surface area contributed by atoms with Gasteiger partial charge in [-0.1, -0.05) is 35.7 Å². The monoisotopic (exact) mass is 523 g/mol. The number of rotatable bonds is 6. The summed E-state index contributed by atoms with van der Waals surface area (Å²) in [5.41, 5.74) is 2.44. The highest BCUT2D eigenvalue weighted by Crippen LogP contribution is 2.38. The number of hydrogen-bond acceptors (Lipinski definition) is 6. The molecule has 174 valence electrons. The summed E-state index contributed by atoms with van der Waals surface area (Å²) >= 11 is 19.5. The SMILES string of the molecule is CCOC(=O)c1c(NC(=S)Nc2ncn(Cc3c(Cl)cccc3Cl)n2)sc2c1CCCCC2. The molecule has 0 fully saturated rings. The molecule has 0 bridgehead atoms. The average Bonchev–Trinajstić information content (AvgIpc) is 3.27. The molecule has 4 rings (SSSR count). The van der Waals surface area contributed by atoms with Crippen LogP contribution in [0.3, 0.4) is 0 Å². The van der Waals surface area contributed by atoms with Crippen molar-refractivity contribution in [1.29, 1.82) is 0 Å². The number of esters is 1. The fraction of sp³-hybridized carbons (Fsp3) is 0.364. The van der Waals surface area contributed by atoms with E-state index in [9.17, 15) is 4.79 Å². The summed E-state index contributed by atoms with van der Waals surface area (Å²) in [7, 11) is 0. The number of aromatic nitrogens is 3. The molecule has 0 saturated heterocycles. The molecular weight excluding hydrogens is 501 g/mol. The zero-order valence-electron chi connectivity index (χ0n) is 18.0. The first-order valence-electron chi connectivity index (χ1n) is 10.7. The maximum atomic E-state index is 12.7. The lowest BCUT2D eigenvalue weighted by atomic mass is 10.1. The van der Waals surface area contributed by atoms with Crippen molar-refractivity contribution in [3.63, 3.8) is 0 Å². The number of aryl methyl sites for hydroxylation is 1. The van der Waals surface area contributed by atoms with Gasteiger partial charge in [-0.2, -0.15) is 0 Å². The summed E-state index contributed by atoms with van der Waals surface area (Å²) in [6.45, 7) is 2.50. The van der Waals surface area contributed by atoms with Crippen molar-refractivity contribution in [1.82, 2.24) is 14.8 Å². The summed E-state index contributed by atoms with van der Waals surface area (Å²) in [5.74, 6) is 0.00713. The first-order chi connectivity index (χ1) is 16.0. The Morgan fingerprint density at radius 2 is 1.97 bits per heavy atom. The molecule has 7 nitrogen and oxygen atoms in total. The van der Waals surface area contributed by atoms with Crippen LogP contribution in [0.4, 0.5) is 10.9 Å². The number of fused-ring (bicyclic) bond motifs is 1. The molecule has 2 aromatic heterocycles. The number of carbonyl (C=O) groups is 1. The van der Waals surface area contributed by atoms with Crippen LogP contribution in [0.5, 0.6) is 0 Å². The number of benzene rings is 1. The molecule has 1 aliphatic carbocycles. The minimum absolute atomic E-state index is 0.297. The molecule has 0 unspecified atom stereocenters. The van der Waals surface area contributed by atoms with E-state index in [4.69, 9.17) is 40.2 Å². The number of halogens is 2. The minimum Gasteiger partial charge on any atom is -0.462 e. The van der Waals surface area contributed by atoms with Crippen LogP contribution in [0.2, 0.25) is 10.0 Å². The third kappa shape index (κ3) is 5.66. The predicted molar refractivity (Wildman–Crippen MR) is 137 cm³/mol. The van der Waals surface area contributed by atoms with Crippen molar-refractivity contribution in [2.75, 3.05) is 17.2 Å². The van der Waals surface area contributed by atoms with Gasteiger partial charge in [-0.3, -0.25) is 5.32 Å². The zero-order chi connectivity index (χ0) is 23.4. The molecular formula is C22H23Cl2N5O2S2. The number of hydrogen-bond donors (Lipinski definition) is 2. The number of nitrogens with one attached hydrogen (secondary N) is 2. The van der Waals surface area contributed by atoms with Crippen LogP contribution in [0.1, 0.15) is 52.5 Å². The molecule has 0 atom stereocenters. The molecule has 1 aromatic carbocycles. The lowest BCUT2D eigenvalue weighted by Gasteiger charge is -2.10. The topological polar surface area (TPSA) is 81.1 Å². The number of nitrogens with zero attached hydrogens (tertiary/aromatic N) is 3. The largest absolute Gasteiger partial charge is 0.462 e. The number of thiocarbonyl (C=S) groups is 1. The Balaban J connectivity index is 1.48. The molecule has 1 aliphatic rings. The number of anilines is 2. The van der Waals surface area contributed by atoms with Gasteiger partial charge in [0, 0.05) is 20.5 Å². The van der Waals surface area contributed by atoms with Crippen LogP contribution in [0.15, 0.2) is 24.5 Å². The smallest absolute Gasteiger partial charge is 0.341 e. The van der Waals surface area contributed by atoms with E-state index in [1.807, 2.05) is 0 Å². The van der Waals surface area contributed by atoms with Gasteiger partial charge in [-0.15, -0.1) is 16.4 Å². The quantitative estimate of drug-likeness (QED) is 0.234. The van der Waals surface area contributed by atoms with E-state index in [1.54, 1.807) is 47.5 Å². The maximum absolute atomic E-state index is 12.7. The fourth-order valence-electron chi connectivity index (χ4n) is 3.76. The molecule has 0 aliphatic heterocycles. The molecule has 0 radical (unpaired) electrons. The Morgan fingerprint density at radius 3 is 2.73 bits per heavy atom. The van der Waals surface area contributed by atoms with E-state index < -0.39 is 0 Å². The van der Waals surface area contributed by atoms with Gasteiger partial charge in [0.05, 0.1) is 18.7 Å². The minimum atomic E-state index is -0.318. The highest BCUT2D eigenvalue weighted by molar-refractivity contribution is 7.80. The molecule has 2 N–H and O–H groups in total. The first-order valence-corrected chi connectivity index (χ1v) is 12.7. The van der Waals surface area contributed by atoms with Gasteiger partial charge in [-0.25, -0.2) is 14.5 Å². The first kappa shape index (κ1) is 23.9. The van der Waals surface area contributed by atoms with Gasteiger partial charge in [0.25, 0.3) is 0 Å². The van der Waals surface area contributed by atoms with Crippen molar-refractivity contribution in [3.8, 4) is 0 Å². The summed E-state index contributed by atoms with van der Waals surface area (Å²) in [5, 5.41) is 12.7. The van der Waals surface area contributed by atoms with Crippen molar-refractivity contribution < 1.29 is 9.53 Å². The molecule has 0 spiro atoms. The number of thiophene rings is 1. The second-order valence-electron chi connectivity index (χ2n) is 7.53. The van der Waals surface area contributed by atoms with Crippen LogP contribution < -0.4 is 10.6 Å². The Morgan fingerprint density at radius 1 is 1.21 bits per heavy atom. The molecule has 0 amide bonds. The summed E-state index contributed by atoms with van der Waals surface area (Å²) in [4.78, 5) is 18.2. The van der Waals surface area contributed by atoms with Crippen LogP contribution in [-0.4, -0.2) is 32.5 Å². The second kappa shape index (κ2) is 10.8. The molecule has 11 heteroatoms.